The van der Waals surface area contributed by atoms with Crippen molar-refractivity contribution in [3.8, 4) is 5.75 Å². The first-order chi connectivity index (χ1) is 10.0. The molecule has 0 aliphatic rings. The van der Waals surface area contributed by atoms with Gasteiger partial charge < -0.3 is 4.74 Å². The summed E-state index contributed by atoms with van der Waals surface area (Å²) < 4.78 is 19.2. The molecular formula is C16H18ClFN2O. The summed E-state index contributed by atoms with van der Waals surface area (Å²) in [5, 5.41) is 0.0928. The Hall–Kier alpha value is -1.62. The lowest BCUT2D eigenvalue weighted by atomic mass is 9.99. The molecule has 0 saturated heterocycles. The lowest BCUT2D eigenvalue weighted by molar-refractivity contribution is 0.242. The molecule has 0 aromatic heterocycles. The van der Waals surface area contributed by atoms with Crippen LogP contribution in [0.3, 0.4) is 0 Å². The van der Waals surface area contributed by atoms with Crippen LogP contribution < -0.4 is 16.0 Å². The number of rotatable bonds is 5. The molecule has 3 N–H and O–H groups in total. The number of nitrogens with two attached hydrogens (primary N) is 1. The zero-order chi connectivity index (χ0) is 15.4. The normalized spacial score (nSPS) is 12.5. The predicted octanol–water partition coefficient (Wildman–Crippen LogP) is 3.82. The molecule has 0 amide bonds. The summed E-state index contributed by atoms with van der Waals surface area (Å²) in [5.41, 5.74) is 4.31. The van der Waals surface area contributed by atoms with E-state index >= 15 is 0 Å². The van der Waals surface area contributed by atoms with Crippen LogP contribution in [-0.4, -0.2) is 6.10 Å². The number of benzene rings is 2. The van der Waals surface area contributed by atoms with Gasteiger partial charge in [0.25, 0.3) is 0 Å². The van der Waals surface area contributed by atoms with Gasteiger partial charge in [-0.25, -0.2) is 9.82 Å². The standard InChI is InChI=1S/C16H18ClFN2O/c1-10(2)21-13-6-3-11(4-7-13)16(20-19)12-5-8-14(17)15(18)9-12/h3-10,16,20H,19H2,1-2H3. The van der Waals surface area contributed by atoms with Gasteiger partial charge in [-0.2, -0.15) is 0 Å². The number of hydrazine groups is 1. The molecule has 0 radical (unpaired) electrons. The van der Waals surface area contributed by atoms with E-state index in [4.69, 9.17) is 22.2 Å². The minimum atomic E-state index is -0.464. The molecule has 112 valence electrons. The molecule has 21 heavy (non-hydrogen) atoms. The third-order valence-corrected chi connectivity index (χ3v) is 3.34. The maximum Gasteiger partial charge on any atom is 0.142 e. The topological polar surface area (TPSA) is 47.3 Å². The van der Waals surface area contributed by atoms with E-state index in [0.29, 0.717) is 5.56 Å². The fourth-order valence-corrected chi connectivity index (χ4v) is 2.21. The second kappa shape index (κ2) is 6.89. The molecule has 0 heterocycles. The second-order valence-electron chi connectivity index (χ2n) is 5.01. The van der Waals surface area contributed by atoms with Crippen LogP contribution in [0.15, 0.2) is 42.5 Å². The van der Waals surface area contributed by atoms with Crippen molar-refractivity contribution in [2.75, 3.05) is 0 Å². The van der Waals surface area contributed by atoms with Crippen molar-refractivity contribution in [3.05, 3.63) is 64.4 Å². The summed E-state index contributed by atoms with van der Waals surface area (Å²) in [4.78, 5) is 0. The van der Waals surface area contributed by atoms with Gasteiger partial charge in [-0.1, -0.05) is 29.8 Å². The van der Waals surface area contributed by atoms with Crippen LogP contribution in [0.4, 0.5) is 4.39 Å². The number of ether oxygens (including phenoxy) is 1. The number of halogens is 2. The third kappa shape index (κ3) is 3.94. The highest BCUT2D eigenvalue weighted by Gasteiger charge is 2.14. The fraction of sp³-hybridized carbons (Fsp3) is 0.250. The minimum absolute atomic E-state index is 0.0928. The number of nitrogens with one attached hydrogen (secondary N) is 1. The molecule has 1 unspecified atom stereocenters. The van der Waals surface area contributed by atoms with Crippen LogP contribution in [-0.2, 0) is 0 Å². The summed E-state index contributed by atoms with van der Waals surface area (Å²) >= 11 is 5.70. The average Bonchev–Trinajstić information content (AvgIpc) is 2.45. The van der Waals surface area contributed by atoms with Gasteiger partial charge in [-0.3, -0.25) is 5.84 Å². The van der Waals surface area contributed by atoms with Crippen LogP contribution in [0, 0.1) is 5.82 Å². The highest BCUT2D eigenvalue weighted by molar-refractivity contribution is 6.30. The highest BCUT2D eigenvalue weighted by atomic mass is 35.5. The summed E-state index contributed by atoms with van der Waals surface area (Å²) in [5.74, 6) is 5.93. The van der Waals surface area contributed by atoms with Gasteiger partial charge in [0.1, 0.15) is 11.6 Å². The molecule has 3 nitrogen and oxygen atoms in total. The van der Waals surface area contributed by atoms with Gasteiger partial charge in [0.2, 0.25) is 0 Å². The van der Waals surface area contributed by atoms with Crippen LogP contribution in [0.1, 0.15) is 31.0 Å². The Morgan fingerprint density at radius 3 is 2.24 bits per heavy atom. The van der Waals surface area contributed by atoms with E-state index in [1.54, 1.807) is 6.07 Å². The lowest BCUT2D eigenvalue weighted by Crippen LogP contribution is -2.28. The van der Waals surface area contributed by atoms with E-state index < -0.39 is 5.82 Å². The van der Waals surface area contributed by atoms with Gasteiger partial charge in [-0.05, 0) is 49.2 Å². The molecule has 0 saturated carbocycles. The van der Waals surface area contributed by atoms with Crippen molar-refractivity contribution in [1.82, 2.24) is 5.43 Å². The summed E-state index contributed by atoms with van der Waals surface area (Å²) in [6, 6.07) is 11.9. The predicted molar refractivity (Wildman–Crippen MR) is 82.8 cm³/mol. The first-order valence-corrected chi connectivity index (χ1v) is 7.06. The fourth-order valence-electron chi connectivity index (χ4n) is 2.09. The van der Waals surface area contributed by atoms with Gasteiger partial charge in [0.15, 0.2) is 0 Å². The van der Waals surface area contributed by atoms with Crippen molar-refractivity contribution in [1.29, 1.82) is 0 Å². The molecule has 0 spiro atoms. The molecule has 1 atom stereocenters. The van der Waals surface area contributed by atoms with E-state index in [0.717, 1.165) is 11.3 Å². The molecule has 2 aromatic carbocycles. The lowest BCUT2D eigenvalue weighted by Gasteiger charge is -2.18. The molecule has 0 aliphatic heterocycles. The second-order valence-corrected chi connectivity index (χ2v) is 5.42. The Morgan fingerprint density at radius 2 is 1.71 bits per heavy atom. The monoisotopic (exact) mass is 308 g/mol. The molecular weight excluding hydrogens is 291 g/mol. The molecule has 0 aliphatic carbocycles. The smallest absolute Gasteiger partial charge is 0.142 e. The summed E-state index contributed by atoms with van der Waals surface area (Å²) in [6.45, 7) is 3.93. The van der Waals surface area contributed by atoms with E-state index in [1.807, 2.05) is 38.1 Å². The first-order valence-electron chi connectivity index (χ1n) is 6.69. The van der Waals surface area contributed by atoms with Crippen molar-refractivity contribution < 1.29 is 9.13 Å². The van der Waals surface area contributed by atoms with Crippen molar-refractivity contribution in [2.45, 2.75) is 26.0 Å². The van der Waals surface area contributed by atoms with Crippen LogP contribution in [0.5, 0.6) is 5.75 Å². The minimum Gasteiger partial charge on any atom is -0.491 e. The third-order valence-electron chi connectivity index (χ3n) is 3.03. The Bertz CT molecular complexity index is 602. The highest BCUT2D eigenvalue weighted by Crippen LogP contribution is 2.26. The average molecular weight is 309 g/mol. The zero-order valence-corrected chi connectivity index (χ0v) is 12.7. The zero-order valence-electron chi connectivity index (χ0n) is 11.9. The largest absolute Gasteiger partial charge is 0.491 e. The Morgan fingerprint density at radius 1 is 1.10 bits per heavy atom. The molecule has 5 heteroatoms. The van der Waals surface area contributed by atoms with Crippen LogP contribution >= 0.6 is 11.6 Å². The first kappa shape index (κ1) is 15.8. The maximum atomic E-state index is 13.6. The van der Waals surface area contributed by atoms with Crippen molar-refractivity contribution in [2.24, 2.45) is 5.84 Å². The molecule has 2 rings (SSSR count). The molecule has 0 bridgehead atoms. The van der Waals surface area contributed by atoms with Gasteiger partial charge in [0.05, 0.1) is 17.2 Å². The Balaban J connectivity index is 2.26. The number of hydrogen-bond acceptors (Lipinski definition) is 3. The van der Waals surface area contributed by atoms with E-state index in [1.165, 1.54) is 12.1 Å². The van der Waals surface area contributed by atoms with Crippen LogP contribution in [0.25, 0.3) is 0 Å². The van der Waals surface area contributed by atoms with Gasteiger partial charge >= 0.3 is 0 Å². The van der Waals surface area contributed by atoms with Crippen molar-refractivity contribution >= 4 is 11.6 Å². The molecule has 2 aromatic rings. The van der Waals surface area contributed by atoms with Gasteiger partial charge in [0, 0.05) is 0 Å². The summed E-state index contributed by atoms with van der Waals surface area (Å²) in [7, 11) is 0. The van der Waals surface area contributed by atoms with E-state index in [2.05, 4.69) is 5.43 Å². The Kier molecular flexibility index (Phi) is 5.17. The SMILES string of the molecule is CC(C)Oc1ccc(C(NN)c2ccc(Cl)c(F)c2)cc1. The van der Waals surface area contributed by atoms with Crippen LogP contribution in [0.2, 0.25) is 5.02 Å². The maximum absolute atomic E-state index is 13.6. The van der Waals surface area contributed by atoms with E-state index in [9.17, 15) is 4.39 Å². The van der Waals surface area contributed by atoms with Gasteiger partial charge in [-0.15, -0.1) is 0 Å². The summed E-state index contributed by atoms with van der Waals surface area (Å²) in [6.07, 6.45) is 0.115. The number of hydrogen-bond donors (Lipinski definition) is 2. The van der Waals surface area contributed by atoms with E-state index in [-0.39, 0.29) is 17.2 Å². The van der Waals surface area contributed by atoms with Crippen molar-refractivity contribution in [3.63, 3.8) is 0 Å². The quantitative estimate of drug-likeness (QED) is 0.652. The molecule has 0 fully saturated rings. The Labute approximate surface area is 128 Å².